The van der Waals surface area contributed by atoms with Crippen LogP contribution in [0.2, 0.25) is 0 Å². The molecule has 0 radical (unpaired) electrons. The smallest absolute Gasteiger partial charge is 0.122 e. The maximum absolute atomic E-state index is 5.44. The van der Waals surface area contributed by atoms with E-state index in [1.165, 1.54) is 37.7 Å². The summed E-state index contributed by atoms with van der Waals surface area (Å²) in [6.45, 7) is 4.34. The highest BCUT2D eigenvalue weighted by Crippen LogP contribution is 2.39. The summed E-state index contributed by atoms with van der Waals surface area (Å²) in [5.41, 5.74) is 1.37. The number of rotatable bonds is 6. The molecule has 118 valence electrons. The first kappa shape index (κ1) is 16.2. The largest absolute Gasteiger partial charge is 0.497 e. The highest BCUT2D eigenvalue weighted by atomic mass is 16.5. The fourth-order valence-corrected chi connectivity index (χ4v) is 3.44. The van der Waals surface area contributed by atoms with Crippen LogP contribution in [0.4, 0.5) is 0 Å². The van der Waals surface area contributed by atoms with Gasteiger partial charge in [0.25, 0.3) is 0 Å². The zero-order valence-electron chi connectivity index (χ0n) is 13.7. The van der Waals surface area contributed by atoms with Gasteiger partial charge in [-0.05, 0) is 55.5 Å². The summed E-state index contributed by atoms with van der Waals surface area (Å²) in [6, 6.07) is 6.34. The second kappa shape index (κ2) is 8.28. The van der Waals surface area contributed by atoms with Crippen molar-refractivity contribution in [3.8, 4) is 11.5 Å². The van der Waals surface area contributed by atoms with Crippen LogP contribution in [-0.4, -0.2) is 27.3 Å². The minimum Gasteiger partial charge on any atom is -0.497 e. The van der Waals surface area contributed by atoms with Crippen molar-refractivity contribution in [3.05, 3.63) is 23.8 Å². The zero-order valence-corrected chi connectivity index (χ0v) is 13.7. The van der Waals surface area contributed by atoms with Crippen molar-refractivity contribution >= 4 is 0 Å². The molecular weight excluding hydrogens is 262 g/mol. The van der Waals surface area contributed by atoms with E-state index in [2.05, 4.69) is 24.4 Å². The minimum absolute atomic E-state index is 0.607. The average molecular weight is 291 g/mol. The molecule has 21 heavy (non-hydrogen) atoms. The van der Waals surface area contributed by atoms with E-state index < -0.39 is 0 Å². The van der Waals surface area contributed by atoms with Crippen molar-refractivity contribution in [2.75, 3.05) is 27.3 Å². The van der Waals surface area contributed by atoms with Gasteiger partial charge in [0.05, 0.1) is 14.2 Å². The molecule has 0 aromatic heterocycles. The van der Waals surface area contributed by atoms with Gasteiger partial charge < -0.3 is 14.8 Å². The van der Waals surface area contributed by atoms with Crippen molar-refractivity contribution in [1.29, 1.82) is 0 Å². The van der Waals surface area contributed by atoms with E-state index in [1.807, 2.05) is 6.07 Å². The van der Waals surface area contributed by atoms with Gasteiger partial charge in [-0.15, -0.1) is 0 Å². The van der Waals surface area contributed by atoms with Crippen LogP contribution in [0.15, 0.2) is 18.2 Å². The van der Waals surface area contributed by atoms with E-state index in [0.717, 1.165) is 24.6 Å². The van der Waals surface area contributed by atoms with Gasteiger partial charge in [0.1, 0.15) is 11.5 Å². The predicted octanol–water partition coefficient (Wildman–Crippen LogP) is 3.98. The van der Waals surface area contributed by atoms with Crippen LogP contribution in [0.1, 0.15) is 50.5 Å². The summed E-state index contributed by atoms with van der Waals surface area (Å²) < 4.78 is 10.9. The lowest BCUT2D eigenvalue weighted by molar-refractivity contribution is 0.368. The lowest BCUT2D eigenvalue weighted by Crippen LogP contribution is -2.26. The number of nitrogens with one attached hydrogen (secondary N) is 1. The van der Waals surface area contributed by atoms with Crippen molar-refractivity contribution in [2.45, 2.75) is 44.9 Å². The Kier molecular flexibility index (Phi) is 6.37. The van der Waals surface area contributed by atoms with E-state index in [1.54, 1.807) is 14.2 Å². The third-order valence-corrected chi connectivity index (χ3v) is 4.62. The van der Waals surface area contributed by atoms with E-state index in [-0.39, 0.29) is 0 Å². The van der Waals surface area contributed by atoms with Crippen molar-refractivity contribution < 1.29 is 9.47 Å². The van der Waals surface area contributed by atoms with E-state index in [4.69, 9.17) is 9.47 Å². The van der Waals surface area contributed by atoms with Gasteiger partial charge in [0.2, 0.25) is 0 Å². The number of methoxy groups -OCH3 is 2. The molecule has 0 heterocycles. The molecular formula is C18H29NO2. The van der Waals surface area contributed by atoms with Crippen LogP contribution >= 0.6 is 0 Å². The van der Waals surface area contributed by atoms with Crippen LogP contribution in [0.3, 0.4) is 0 Å². The summed E-state index contributed by atoms with van der Waals surface area (Å²) in [4.78, 5) is 0. The first-order valence-corrected chi connectivity index (χ1v) is 8.22. The maximum atomic E-state index is 5.44. The third kappa shape index (κ3) is 4.37. The zero-order chi connectivity index (χ0) is 15.1. The Bertz CT molecular complexity index is 411. The molecule has 0 amide bonds. The van der Waals surface area contributed by atoms with Crippen LogP contribution in [0, 0.1) is 5.92 Å². The minimum atomic E-state index is 0.607. The topological polar surface area (TPSA) is 30.5 Å². The lowest BCUT2D eigenvalue weighted by atomic mass is 9.82. The second-order valence-corrected chi connectivity index (χ2v) is 5.96. The number of ether oxygens (including phenoxy) is 2. The maximum Gasteiger partial charge on any atom is 0.122 e. The number of benzene rings is 1. The van der Waals surface area contributed by atoms with Crippen molar-refractivity contribution in [2.24, 2.45) is 5.92 Å². The molecule has 1 aromatic rings. The Morgan fingerprint density at radius 1 is 1.00 bits per heavy atom. The van der Waals surface area contributed by atoms with Crippen LogP contribution in [0.25, 0.3) is 0 Å². The first-order chi connectivity index (χ1) is 10.3. The van der Waals surface area contributed by atoms with Gasteiger partial charge in [0.15, 0.2) is 0 Å². The highest BCUT2D eigenvalue weighted by molar-refractivity contribution is 5.40. The molecule has 0 saturated heterocycles. The molecule has 1 aromatic carbocycles. The normalized spacial score (nSPS) is 22.6. The van der Waals surface area contributed by atoms with E-state index in [0.29, 0.717) is 11.8 Å². The summed E-state index contributed by atoms with van der Waals surface area (Å²) in [7, 11) is 3.45. The molecule has 2 atom stereocenters. The summed E-state index contributed by atoms with van der Waals surface area (Å²) >= 11 is 0. The third-order valence-electron chi connectivity index (χ3n) is 4.62. The molecule has 1 aliphatic carbocycles. The van der Waals surface area contributed by atoms with Crippen LogP contribution in [-0.2, 0) is 0 Å². The standard InChI is InChI=1S/C18H29NO2/c1-4-19-13-14-8-6-5-7-9-18(14)15-10-16(20-2)12-17(11-15)21-3/h10-12,14,18-19H,4-9,13H2,1-3H3. The predicted molar refractivity (Wildman–Crippen MR) is 87.4 cm³/mol. The molecule has 1 saturated carbocycles. The number of hydrogen-bond acceptors (Lipinski definition) is 3. The van der Waals surface area contributed by atoms with E-state index in [9.17, 15) is 0 Å². The van der Waals surface area contributed by atoms with Crippen LogP contribution in [0.5, 0.6) is 11.5 Å². The van der Waals surface area contributed by atoms with Gasteiger partial charge in [-0.2, -0.15) is 0 Å². The average Bonchev–Trinajstić information content (AvgIpc) is 2.77. The fourth-order valence-electron chi connectivity index (χ4n) is 3.44. The fraction of sp³-hybridized carbons (Fsp3) is 0.667. The van der Waals surface area contributed by atoms with Gasteiger partial charge in [0, 0.05) is 6.07 Å². The molecule has 2 unspecified atom stereocenters. The van der Waals surface area contributed by atoms with Gasteiger partial charge in [-0.3, -0.25) is 0 Å². The van der Waals surface area contributed by atoms with Gasteiger partial charge >= 0.3 is 0 Å². The van der Waals surface area contributed by atoms with E-state index >= 15 is 0 Å². The molecule has 1 N–H and O–H groups in total. The second-order valence-electron chi connectivity index (χ2n) is 5.96. The Hall–Kier alpha value is -1.22. The molecule has 0 aliphatic heterocycles. The SMILES string of the molecule is CCNCC1CCCCCC1c1cc(OC)cc(OC)c1. The lowest BCUT2D eigenvalue weighted by Gasteiger charge is -2.26. The first-order valence-electron chi connectivity index (χ1n) is 8.22. The monoisotopic (exact) mass is 291 g/mol. The Morgan fingerprint density at radius 3 is 2.29 bits per heavy atom. The molecule has 2 rings (SSSR count). The Morgan fingerprint density at radius 2 is 1.67 bits per heavy atom. The highest BCUT2D eigenvalue weighted by Gasteiger charge is 2.25. The van der Waals surface area contributed by atoms with Crippen LogP contribution < -0.4 is 14.8 Å². The number of hydrogen-bond donors (Lipinski definition) is 1. The Balaban J connectivity index is 2.25. The molecule has 3 nitrogen and oxygen atoms in total. The molecule has 0 spiro atoms. The summed E-state index contributed by atoms with van der Waals surface area (Å²) in [5, 5.41) is 3.54. The Labute approximate surface area is 129 Å². The quantitative estimate of drug-likeness (QED) is 0.804. The summed E-state index contributed by atoms with van der Waals surface area (Å²) in [6.07, 6.45) is 6.63. The van der Waals surface area contributed by atoms with Crippen molar-refractivity contribution in [1.82, 2.24) is 5.32 Å². The molecule has 0 bridgehead atoms. The van der Waals surface area contributed by atoms with Gasteiger partial charge in [-0.25, -0.2) is 0 Å². The van der Waals surface area contributed by atoms with Crippen molar-refractivity contribution in [3.63, 3.8) is 0 Å². The summed E-state index contributed by atoms with van der Waals surface area (Å²) in [5.74, 6) is 3.12. The molecule has 3 heteroatoms. The van der Waals surface area contributed by atoms with Gasteiger partial charge in [-0.1, -0.05) is 26.2 Å². The molecule has 1 aliphatic rings. The molecule has 1 fully saturated rings.